The van der Waals surface area contributed by atoms with Crippen LogP contribution < -0.4 is 5.32 Å². The van der Waals surface area contributed by atoms with Gasteiger partial charge in [0.1, 0.15) is 0 Å². The number of aliphatic carboxylic acids is 1. The molecule has 1 heterocycles. The molecular weight excluding hydrogens is 277 g/mol. The Hall–Kier alpha value is -1.73. The van der Waals surface area contributed by atoms with Crippen molar-refractivity contribution in [3.8, 4) is 0 Å². The summed E-state index contributed by atoms with van der Waals surface area (Å²) in [5.74, 6) is -1.82. The van der Waals surface area contributed by atoms with Crippen molar-refractivity contribution in [3.05, 3.63) is 11.6 Å². The molecule has 0 fully saturated rings. The Kier molecular flexibility index (Phi) is 5.02. The number of rotatable bonds is 3. The Labute approximate surface area is 114 Å². The minimum absolute atomic E-state index is 0.0364. The molecule has 0 saturated heterocycles. The highest BCUT2D eigenvalue weighted by molar-refractivity contribution is 5.77. The molecule has 1 aliphatic rings. The van der Waals surface area contributed by atoms with Crippen molar-refractivity contribution >= 4 is 12.0 Å². The van der Waals surface area contributed by atoms with Gasteiger partial charge in [-0.05, 0) is 20.3 Å². The number of hydrogen-bond acceptors (Lipinski definition) is 2. The van der Waals surface area contributed by atoms with Gasteiger partial charge in [-0.25, -0.2) is 4.79 Å². The van der Waals surface area contributed by atoms with E-state index in [1.165, 1.54) is 18.7 Å². The summed E-state index contributed by atoms with van der Waals surface area (Å²) in [4.78, 5) is 23.8. The van der Waals surface area contributed by atoms with Crippen LogP contribution in [0.3, 0.4) is 0 Å². The fourth-order valence-corrected chi connectivity index (χ4v) is 1.74. The number of carboxylic acid groups (broad SMARTS) is 1. The highest BCUT2D eigenvalue weighted by Crippen LogP contribution is 2.30. The Morgan fingerprint density at radius 3 is 2.40 bits per heavy atom. The molecule has 0 radical (unpaired) electrons. The third kappa shape index (κ3) is 4.14. The van der Waals surface area contributed by atoms with Crippen molar-refractivity contribution in [1.82, 2.24) is 10.2 Å². The van der Waals surface area contributed by atoms with Crippen molar-refractivity contribution in [2.75, 3.05) is 13.1 Å². The van der Waals surface area contributed by atoms with Crippen LogP contribution in [0.15, 0.2) is 11.6 Å². The maximum atomic E-state index is 12.4. The summed E-state index contributed by atoms with van der Waals surface area (Å²) in [5.41, 5.74) is -0.631. The minimum atomic E-state index is -4.35. The van der Waals surface area contributed by atoms with Crippen molar-refractivity contribution in [3.63, 3.8) is 0 Å². The number of nitrogens with one attached hydrogen (secondary N) is 1. The summed E-state index contributed by atoms with van der Waals surface area (Å²) in [6.07, 6.45) is -3.62. The van der Waals surface area contributed by atoms with Gasteiger partial charge in [0.2, 0.25) is 0 Å². The zero-order valence-electron chi connectivity index (χ0n) is 11.2. The lowest BCUT2D eigenvalue weighted by molar-refractivity contribution is -0.141. The lowest BCUT2D eigenvalue weighted by Gasteiger charge is -2.29. The van der Waals surface area contributed by atoms with Crippen LogP contribution in [-0.4, -0.2) is 47.3 Å². The van der Waals surface area contributed by atoms with Gasteiger partial charge >= 0.3 is 18.2 Å². The van der Waals surface area contributed by atoms with E-state index in [2.05, 4.69) is 5.32 Å². The first-order valence-electron chi connectivity index (χ1n) is 6.17. The van der Waals surface area contributed by atoms with E-state index in [-0.39, 0.29) is 19.5 Å². The van der Waals surface area contributed by atoms with Crippen LogP contribution in [0, 0.1) is 5.92 Å². The van der Waals surface area contributed by atoms with Gasteiger partial charge in [0.25, 0.3) is 0 Å². The Morgan fingerprint density at radius 1 is 1.40 bits per heavy atom. The van der Waals surface area contributed by atoms with Crippen LogP contribution in [0.4, 0.5) is 18.0 Å². The molecule has 8 heteroatoms. The van der Waals surface area contributed by atoms with E-state index in [9.17, 15) is 22.8 Å². The van der Waals surface area contributed by atoms with Gasteiger partial charge in [0, 0.05) is 24.7 Å². The van der Waals surface area contributed by atoms with Crippen LogP contribution in [0.1, 0.15) is 20.3 Å². The fourth-order valence-electron chi connectivity index (χ4n) is 1.74. The van der Waals surface area contributed by atoms with Crippen LogP contribution in [0.5, 0.6) is 0 Å². The summed E-state index contributed by atoms with van der Waals surface area (Å²) in [6, 6.07) is -1.16. The molecule has 0 bridgehead atoms. The van der Waals surface area contributed by atoms with Gasteiger partial charge in [-0.1, -0.05) is 6.08 Å². The highest BCUT2D eigenvalue weighted by Gasteiger charge is 2.35. The number of amides is 2. The SMILES string of the molecule is CC(NC(=O)N1CC=C(C(F)(F)F)CC1)C(C)C(=O)O. The predicted molar refractivity (Wildman–Crippen MR) is 65.1 cm³/mol. The maximum Gasteiger partial charge on any atom is 0.412 e. The standard InChI is InChI=1S/C12H17F3N2O3/c1-7(10(18)19)8(2)16-11(20)17-5-3-9(4-6-17)12(13,14)15/h3,7-8H,4-6H2,1-2H3,(H,16,20)(H,18,19). The van der Waals surface area contributed by atoms with Gasteiger partial charge < -0.3 is 15.3 Å². The molecule has 0 aromatic heterocycles. The summed E-state index contributed by atoms with van der Waals surface area (Å²) in [5, 5.41) is 11.3. The molecule has 0 saturated carbocycles. The fraction of sp³-hybridized carbons (Fsp3) is 0.667. The normalized spacial score (nSPS) is 19.1. The molecular formula is C12H17F3N2O3. The smallest absolute Gasteiger partial charge is 0.412 e. The number of nitrogens with zero attached hydrogens (tertiary/aromatic N) is 1. The molecule has 2 unspecified atom stereocenters. The van der Waals surface area contributed by atoms with Crippen LogP contribution in [0.2, 0.25) is 0 Å². The summed E-state index contributed by atoms with van der Waals surface area (Å²) < 4.78 is 37.3. The molecule has 0 spiro atoms. The van der Waals surface area contributed by atoms with Crippen LogP contribution >= 0.6 is 0 Å². The van der Waals surface area contributed by atoms with E-state index in [0.29, 0.717) is 0 Å². The van der Waals surface area contributed by atoms with Gasteiger partial charge in [-0.2, -0.15) is 13.2 Å². The molecule has 2 N–H and O–H groups in total. The van der Waals surface area contributed by atoms with E-state index in [0.717, 1.165) is 6.08 Å². The number of urea groups is 1. The summed E-state index contributed by atoms with van der Waals surface area (Å²) in [7, 11) is 0. The first-order valence-corrected chi connectivity index (χ1v) is 6.17. The van der Waals surface area contributed by atoms with Crippen LogP contribution in [0.25, 0.3) is 0 Å². The number of alkyl halides is 3. The van der Waals surface area contributed by atoms with Gasteiger partial charge in [0.05, 0.1) is 5.92 Å². The molecule has 2 amide bonds. The second-order valence-corrected chi connectivity index (χ2v) is 4.79. The second kappa shape index (κ2) is 6.15. The van der Waals surface area contributed by atoms with Gasteiger partial charge in [-0.3, -0.25) is 4.79 Å². The second-order valence-electron chi connectivity index (χ2n) is 4.79. The minimum Gasteiger partial charge on any atom is -0.481 e. The topological polar surface area (TPSA) is 69.6 Å². The Bertz CT molecular complexity index is 421. The predicted octanol–water partition coefficient (Wildman–Crippen LogP) is 2.00. The Morgan fingerprint density at radius 2 is 2.00 bits per heavy atom. The molecule has 5 nitrogen and oxygen atoms in total. The third-order valence-corrected chi connectivity index (χ3v) is 3.35. The Balaban J connectivity index is 2.55. The number of halogens is 3. The molecule has 0 aliphatic carbocycles. The molecule has 1 aliphatic heterocycles. The average molecular weight is 294 g/mol. The van der Waals surface area contributed by atoms with Crippen molar-refractivity contribution in [2.45, 2.75) is 32.5 Å². The van der Waals surface area contributed by atoms with Gasteiger partial charge in [0.15, 0.2) is 0 Å². The molecule has 1 rings (SSSR count). The van der Waals surface area contributed by atoms with Crippen molar-refractivity contribution < 1.29 is 27.9 Å². The largest absolute Gasteiger partial charge is 0.481 e. The number of carboxylic acids is 1. The van der Waals surface area contributed by atoms with E-state index in [1.807, 2.05) is 0 Å². The first-order chi connectivity index (χ1) is 9.12. The number of hydrogen-bond donors (Lipinski definition) is 2. The monoisotopic (exact) mass is 294 g/mol. The molecule has 0 aromatic carbocycles. The zero-order valence-corrected chi connectivity index (χ0v) is 11.2. The van der Waals surface area contributed by atoms with E-state index >= 15 is 0 Å². The molecule has 2 atom stereocenters. The maximum absolute atomic E-state index is 12.4. The summed E-state index contributed by atoms with van der Waals surface area (Å²) >= 11 is 0. The lowest BCUT2D eigenvalue weighted by Crippen LogP contribution is -2.48. The molecule has 20 heavy (non-hydrogen) atoms. The number of carbonyl (C=O) groups is 2. The third-order valence-electron chi connectivity index (χ3n) is 3.35. The quantitative estimate of drug-likeness (QED) is 0.782. The zero-order chi connectivity index (χ0) is 15.5. The molecule has 114 valence electrons. The highest BCUT2D eigenvalue weighted by atomic mass is 19.4. The average Bonchev–Trinajstić information content (AvgIpc) is 2.36. The van der Waals surface area contributed by atoms with E-state index in [4.69, 9.17) is 5.11 Å². The summed E-state index contributed by atoms with van der Waals surface area (Å²) in [6.45, 7) is 2.82. The lowest BCUT2D eigenvalue weighted by atomic mass is 10.0. The van der Waals surface area contributed by atoms with E-state index < -0.39 is 35.7 Å². The molecule has 0 aromatic rings. The first kappa shape index (κ1) is 16.3. The van der Waals surface area contributed by atoms with Gasteiger partial charge in [-0.15, -0.1) is 0 Å². The number of carbonyl (C=O) groups excluding carboxylic acids is 1. The van der Waals surface area contributed by atoms with E-state index in [1.54, 1.807) is 0 Å². The van der Waals surface area contributed by atoms with Crippen molar-refractivity contribution in [1.29, 1.82) is 0 Å². The van der Waals surface area contributed by atoms with Crippen molar-refractivity contribution in [2.24, 2.45) is 5.92 Å². The van der Waals surface area contributed by atoms with Crippen LogP contribution in [-0.2, 0) is 4.79 Å².